The molecule has 0 bridgehead atoms. The molecule has 0 atom stereocenters. The molecule has 7 heteroatoms. The van der Waals surface area contributed by atoms with Crippen LogP contribution in [0.15, 0.2) is 0 Å². The number of carbonyl (C=O) groups excluding carboxylic acids is 6. The molecule has 0 heterocycles. The predicted octanol–water partition coefficient (Wildman–Crippen LogP) is -1.65. The van der Waals surface area contributed by atoms with Gasteiger partial charge in [0.15, 0.2) is 0 Å². The Labute approximate surface area is 71.3 Å². The maximum atomic E-state index is 10.5. The molecule has 0 aromatic rings. The Morgan fingerprint density at radius 2 is 0.615 bits per heavy atom. The second-order valence-corrected chi connectivity index (χ2v) is 8.36. The molecule has 0 aromatic heterocycles. The topological polar surface area (TPSA) is 102 Å². The number of rotatable bonds is 6. The Morgan fingerprint density at radius 3 is 0.615 bits per heavy atom. The molecule has 0 aliphatic carbocycles. The van der Waals surface area contributed by atoms with Gasteiger partial charge in [-0.1, -0.05) is 0 Å². The van der Waals surface area contributed by atoms with Gasteiger partial charge in [-0.2, -0.15) is 0 Å². The zero-order chi connectivity index (χ0) is 10.7. The monoisotopic (exact) mass is 232 g/mol. The molecule has 0 saturated carbocycles. The van der Waals surface area contributed by atoms with Gasteiger partial charge in [0.25, 0.3) is 0 Å². The summed E-state index contributed by atoms with van der Waals surface area (Å²) < 4.78 is 0. The summed E-state index contributed by atoms with van der Waals surface area (Å²) in [5.74, 6) is 0. The maximum absolute atomic E-state index is 10.5. The van der Waals surface area contributed by atoms with Crippen molar-refractivity contribution in [3.05, 3.63) is 0 Å². The van der Waals surface area contributed by atoms with Crippen LogP contribution in [-0.4, -0.2) is 31.5 Å². The van der Waals surface area contributed by atoms with E-state index in [1.54, 1.807) is 0 Å². The van der Waals surface area contributed by atoms with Crippen LogP contribution in [0.1, 0.15) is 0 Å². The molecule has 76 valence electrons. The average molecular weight is 233 g/mol. The summed E-state index contributed by atoms with van der Waals surface area (Å²) in [6.07, 6.45) is 0. The van der Waals surface area contributed by atoms with E-state index in [0.717, 1.165) is 0 Å². The van der Waals surface area contributed by atoms with Crippen LogP contribution in [-0.2, 0) is 39.1 Å². The van der Waals surface area contributed by atoms with Gasteiger partial charge in [-0.3, -0.25) is 0 Å². The minimum atomic E-state index is -5.82. The molecule has 0 radical (unpaired) electrons. The molecule has 6 nitrogen and oxygen atoms in total. The van der Waals surface area contributed by atoms with Gasteiger partial charge >= 0.3 is 70.6 Å². The summed E-state index contributed by atoms with van der Waals surface area (Å²) in [4.78, 5) is 63.2. The van der Waals surface area contributed by atoms with Crippen molar-refractivity contribution in [2.45, 2.75) is 0 Å². The van der Waals surface area contributed by atoms with Crippen molar-refractivity contribution >= 4 is 31.5 Å². The van der Waals surface area contributed by atoms with E-state index in [0.29, 0.717) is 0 Å². The fourth-order valence-electron chi connectivity index (χ4n) is 0.264. The van der Waals surface area contributed by atoms with Crippen LogP contribution in [0.2, 0.25) is 0 Å². The first kappa shape index (κ1) is 11.5. The van der Waals surface area contributed by atoms with Crippen molar-refractivity contribution in [1.82, 2.24) is 0 Å². The molecule has 13 heavy (non-hydrogen) atoms. The van der Waals surface area contributed by atoms with Gasteiger partial charge in [-0.25, -0.2) is 0 Å². The van der Waals surface area contributed by atoms with Gasteiger partial charge in [0.1, 0.15) is 0 Å². The van der Waals surface area contributed by atoms with Crippen LogP contribution in [0.25, 0.3) is 0 Å². The summed E-state index contributed by atoms with van der Waals surface area (Å²) >= 11 is 0. The summed E-state index contributed by atoms with van der Waals surface area (Å²) in [5, 5.41) is -2.75. The van der Waals surface area contributed by atoms with Gasteiger partial charge < -0.3 is 0 Å². The molecule has 0 aliphatic heterocycles. The van der Waals surface area contributed by atoms with Crippen LogP contribution >= 0.6 is 0 Å². The number of carbonyl (C=O) groups is 6. The van der Waals surface area contributed by atoms with Gasteiger partial charge in [0, 0.05) is 0 Å². The molecule has 0 rings (SSSR count). The zero-order valence-electron chi connectivity index (χ0n) is 6.23. The van der Waals surface area contributed by atoms with Crippen LogP contribution in [0, 0.1) is 0 Å². The normalized spacial score (nSPS) is 15.7. The first-order valence-corrected chi connectivity index (χ1v) is 5.93. The van der Waals surface area contributed by atoms with Crippen LogP contribution in [0.4, 0.5) is 0 Å². The second-order valence-electron chi connectivity index (χ2n) is 2.03. The van der Waals surface area contributed by atoms with Crippen molar-refractivity contribution < 1.29 is 39.1 Å². The van der Waals surface area contributed by atoms with Crippen molar-refractivity contribution in [1.29, 1.82) is 0 Å². The summed E-state index contributed by atoms with van der Waals surface area (Å²) in [6, 6.07) is 0. The van der Waals surface area contributed by atoms with Gasteiger partial charge in [-0.05, 0) is 0 Å². The Kier molecular flexibility index (Phi) is 2.21. The SMILES string of the molecule is O=[CH][Ni]([CH]=O)([CH]=O)([CH]=O)([CH]=O)[CH]=O. The third kappa shape index (κ3) is 0.937. The van der Waals surface area contributed by atoms with Crippen LogP contribution < -0.4 is 0 Å². The Balaban J connectivity index is 6.50. The van der Waals surface area contributed by atoms with E-state index < -0.39 is 41.9 Å². The fourth-order valence-corrected chi connectivity index (χ4v) is 1.09. The third-order valence-corrected chi connectivity index (χ3v) is 5.32. The summed E-state index contributed by atoms with van der Waals surface area (Å²) in [5.41, 5.74) is 0. The zero-order valence-corrected chi connectivity index (χ0v) is 7.22. The minimum absolute atomic E-state index is 0.458. The quantitative estimate of drug-likeness (QED) is 0.402. The first-order valence-electron chi connectivity index (χ1n) is 2.51. The number of hydrogen-bond acceptors (Lipinski definition) is 6. The van der Waals surface area contributed by atoms with Gasteiger partial charge in [-0.15, -0.1) is 0 Å². The molecule has 0 aromatic carbocycles. The molecular formula is C6H6NiO6. The first-order chi connectivity index (χ1) is 5.97. The standard InChI is InChI=1S/6CHO.Ni/c6*1-2;/h6*1H;. The van der Waals surface area contributed by atoms with E-state index in [1.165, 1.54) is 0 Å². The Hall–Kier alpha value is -1.49. The Morgan fingerprint density at radius 1 is 0.462 bits per heavy atom. The fraction of sp³-hybridized carbons (Fsp3) is 0. The predicted molar refractivity (Wildman–Crippen MR) is 40.5 cm³/mol. The molecule has 0 amide bonds. The van der Waals surface area contributed by atoms with E-state index >= 15 is 0 Å². The molecule has 0 saturated heterocycles. The van der Waals surface area contributed by atoms with Crippen molar-refractivity contribution in [3.63, 3.8) is 0 Å². The summed E-state index contributed by atoms with van der Waals surface area (Å²) in [6.45, 7) is 0. The van der Waals surface area contributed by atoms with E-state index in [4.69, 9.17) is 0 Å². The van der Waals surface area contributed by atoms with E-state index in [-0.39, 0.29) is 0 Å². The molecule has 0 spiro atoms. The van der Waals surface area contributed by atoms with Crippen molar-refractivity contribution in [3.8, 4) is 0 Å². The van der Waals surface area contributed by atoms with E-state index in [2.05, 4.69) is 0 Å². The molecule has 0 unspecified atom stereocenters. The van der Waals surface area contributed by atoms with Crippen molar-refractivity contribution in [2.24, 2.45) is 0 Å². The molecule has 0 aliphatic rings. The van der Waals surface area contributed by atoms with Gasteiger partial charge in [0.2, 0.25) is 0 Å². The third-order valence-electron chi connectivity index (χ3n) is 1.29. The Bertz CT molecular complexity index is 233. The van der Waals surface area contributed by atoms with Gasteiger partial charge in [0.05, 0.1) is 0 Å². The van der Waals surface area contributed by atoms with Crippen LogP contribution in [0.5, 0.6) is 0 Å². The molecular weight excluding hydrogens is 227 g/mol. The molecule has 0 N–H and O–H groups in total. The number of hydrogen-bond donors (Lipinski definition) is 0. The van der Waals surface area contributed by atoms with E-state index in [1.807, 2.05) is 0 Å². The van der Waals surface area contributed by atoms with Crippen LogP contribution in [0.3, 0.4) is 0 Å². The summed E-state index contributed by atoms with van der Waals surface area (Å²) in [7, 11) is -5.82. The molecule has 0 fully saturated rings. The van der Waals surface area contributed by atoms with E-state index in [9.17, 15) is 28.8 Å². The average Bonchev–Trinajstić information content (AvgIpc) is 2.26. The second kappa shape index (κ2) is 2.50. The van der Waals surface area contributed by atoms with Crippen molar-refractivity contribution in [2.75, 3.05) is 0 Å².